The molecule has 0 aliphatic carbocycles. The van der Waals surface area contributed by atoms with Crippen LogP contribution in [0.15, 0.2) is 0 Å². The molecule has 0 spiro atoms. The zero-order valence-electron chi connectivity index (χ0n) is 43.9. The van der Waals surface area contributed by atoms with E-state index in [4.69, 9.17) is 5.73 Å². The van der Waals surface area contributed by atoms with Crippen LogP contribution < -0.4 is 85.5 Å². The topological polar surface area (TPSA) is 463 Å². The summed E-state index contributed by atoms with van der Waals surface area (Å²) in [5.41, 5.74) is 5.66. The molecule has 31 heteroatoms. The molecule has 0 aromatic rings. The molecule has 0 aromatic carbocycles. The van der Waals surface area contributed by atoms with Crippen LogP contribution in [0.1, 0.15) is 75.7 Å². The molecule has 13 atom stereocenters. The minimum Gasteiger partial charge on any atom is -0.357 e. The predicted octanol–water partition coefficient (Wildman–Crippen LogP) is -8.92. The van der Waals surface area contributed by atoms with Crippen molar-refractivity contribution in [2.75, 3.05) is 20.1 Å². The van der Waals surface area contributed by atoms with Gasteiger partial charge in [0.25, 0.3) is 29.5 Å². The van der Waals surface area contributed by atoms with Crippen LogP contribution in [-0.2, 0) is 71.9 Å². The second kappa shape index (κ2) is 35.1. The third-order valence-corrected chi connectivity index (χ3v) is 10.4. The molecule has 10 amide bonds. The molecule has 0 radical (unpaired) electrons. The summed E-state index contributed by atoms with van der Waals surface area (Å²) >= 11 is 0. The van der Waals surface area contributed by atoms with Gasteiger partial charge in [-0.15, -0.1) is 0 Å². The number of rotatable bonds is 37. The number of amides is 10. The Hall–Kier alpha value is -7.19. The summed E-state index contributed by atoms with van der Waals surface area (Å²) in [4.78, 5) is 189. The largest absolute Gasteiger partial charge is 0.357 e. The summed E-state index contributed by atoms with van der Waals surface area (Å²) in [5, 5.41) is 36.0. The fourth-order valence-corrected chi connectivity index (χ4v) is 6.06. The fourth-order valence-electron chi connectivity index (χ4n) is 6.06. The lowest BCUT2D eigenvalue weighted by Crippen LogP contribution is -2.67. The highest BCUT2D eigenvalue weighted by Gasteiger charge is 2.35. The van der Waals surface area contributed by atoms with Crippen LogP contribution in [0, 0.1) is 11.8 Å². The normalized spacial score (nSPS) is 16.2. The van der Waals surface area contributed by atoms with Crippen molar-refractivity contribution >= 4 is 90.5 Å². The van der Waals surface area contributed by atoms with E-state index in [1.807, 2.05) is 0 Å². The van der Waals surface area contributed by atoms with E-state index >= 15 is 0 Å². The zero-order chi connectivity index (χ0) is 57.7. The number of likely N-dealkylation sites (N-methyl/N-ethyl adjacent to an activating group) is 1. The van der Waals surface area contributed by atoms with Crippen LogP contribution in [-0.4, -0.2) is 190 Å². The Morgan fingerprint density at radius 1 is 0.400 bits per heavy atom. The van der Waals surface area contributed by atoms with Gasteiger partial charge in [-0.05, 0) is 59.8 Å². The smallest absolute Gasteiger partial charge is 0.259 e. The van der Waals surface area contributed by atoms with Crippen molar-refractivity contribution in [3.8, 4) is 0 Å². The van der Waals surface area contributed by atoms with Gasteiger partial charge in [0.05, 0.1) is 31.2 Å². The highest BCUT2D eigenvalue weighted by molar-refractivity contribution is 5.98. The second-order valence-electron chi connectivity index (χ2n) is 17.9. The second-order valence-corrected chi connectivity index (χ2v) is 17.9. The number of nitrogens with two attached hydrogens (primary N) is 1. The first-order valence-electron chi connectivity index (χ1n) is 23.8. The molecule has 31 nitrogen and oxygen atoms in total. The molecule has 0 bridgehead atoms. The van der Waals surface area contributed by atoms with E-state index in [-0.39, 0.29) is 18.9 Å². The number of carbonyl (C=O) groups is 15. The summed E-state index contributed by atoms with van der Waals surface area (Å²) in [7, 11) is 1.35. The van der Waals surface area contributed by atoms with Gasteiger partial charge in [-0.1, -0.05) is 27.7 Å². The molecule has 75 heavy (non-hydrogen) atoms. The summed E-state index contributed by atoms with van der Waals surface area (Å²) in [6, 6.07) is -9.81. The Kier molecular flexibility index (Phi) is 31.7. The zero-order valence-corrected chi connectivity index (χ0v) is 43.9. The minimum absolute atomic E-state index is 0.117. The SMILES string of the molecule is CNC(=O)[C@H](C)NC(=O)[C@H](C)NC(=O)[C@H](NC(=O)[C@H](NC(=O)[C@H](C)NC(=O)[C@H](C)NC(=O)[C@@H](NCC=O)NC(=O)[C@@H](NC(=O)[C@H](C)NC(=O)[C@@H](N)NCC=O)N[C@@H](C=O)C(C)C)N[C@@H](C=O)CC(C)C)N[C@@H](C)C=O. The first-order valence-corrected chi connectivity index (χ1v) is 23.8. The maximum atomic E-state index is 13.9. The van der Waals surface area contributed by atoms with Crippen molar-refractivity contribution in [3.63, 3.8) is 0 Å². The van der Waals surface area contributed by atoms with Gasteiger partial charge < -0.3 is 82.9 Å². The van der Waals surface area contributed by atoms with Crippen LogP contribution >= 0.6 is 0 Å². The van der Waals surface area contributed by atoms with Crippen molar-refractivity contribution in [1.82, 2.24) is 79.8 Å². The molecular weight excluding hydrogens is 993 g/mol. The molecule has 0 heterocycles. The monoisotopic (exact) mass is 1070 g/mol. The van der Waals surface area contributed by atoms with Crippen LogP contribution in [0.5, 0.6) is 0 Å². The molecule has 0 aromatic heterocycles. The van der Waals surface area contributed by atoms with E-state index in [0.717, 1.165) is 0 Å². The summed E-state index contributed by atoms with van der Waals surface area (Å²) in [5.74, 6) is -10.2. The lowest BCUT2D eigenvalue weighted by molar-refractivity contribution is -0.137. The number of hydrogen-bond donors (Lipinski definition) is 16. The average Bonchev–Trinajstić information content (AvgIpc) is 3.35. The standard InChI is InChI=1S/C44H76N16O15/c1-20(2)16-28(18-64)55-33(43(74)60-32(49-22(5)17-63)42(73)54-25(8)36(67)50-23(6)35(66)46-11)58-38(69)26(9)51-37(68)24(7)53-41(72)31(48-13-15-62)57-44(75)34(56-29(19-65)21(3)4)59-39(70)27(10)52-40(71)30(45)47-12-14-61/h14-15,17-34,47-49,55-56H,12-13,16,45H2,1-11H3,(H,46,66)(H,50,67)(H,51,68)(H,52,71)(H,53,72)(H,54,73)(H,57,75)(H,58,69)(H,59,70)(H,60,74)/t22-,23-,24-,25-,26-,27-,28+,29-,30-,31-,32-,33-,34+/m0/s1. The van der Waals surface area contributed by atoms with Crippen LogP contribution in [0.2, 0.25) is 0 Å². The van der Waals surface area contributed by atoms with Crippen LogP contribution in [0.4, 0.5) is 0 Å². The molecule has 0 unspecified atom stereocenters. The first kappa shape index (κ1) is 67.8. The van der Waals surface area contributed by atoms with Gasteiger partial charge in [0, 0.05) is 7.05 Å². The number of aldehydes is 5. The van der Waals surface area contributed by atoms with Crippen molar-refractivity contribution in [1.29, 1.82) is 0 Å². The molecule has 0 saturated heterocycles. The van der Waals surface area contributed by atoms with Crippen LogP contribution in [0.3, 0.4) is 0 Å². The lowest BCUT2D eigenvalue weighted by atomic mass is 10.0. The molecule has 0 rings (SSSR count). The summed E-state index contributed by atoms with van der Waals surface area (Å²) < 4.78 is 0. The maximum absolute atomic E-state index is 13.9. The van der Waals surface area contributed by atoms with Gasteiger partial charge in [-0.3, -0.25) is 74.5 Å². The van der Waals surface area contributed by atoms with Crippen molar-refractivity contribution in [2.45, 2.75) is 155 Å². The minimum atomic E-state index is -1.81. The number of nitrogens with one attached hydrogen (secondary N) is 15. The van der Waals surface area contributed by atoms with E-state index in [0.29, 0.717) is 31.4 Å². The predicted molar refractivity (Wildman–Crippen MR) is 265 cm³/mol. The van der Waals surface area contributed by atoms with Crippen molar-refractivity contribution in [2.24, 2.45) is 17.6 Å². The molecule has 0 saturated carbocycles. The Balaban J connectivity index is 6.40. The molecule has 17 N–H and O–H groups in total. The number of hydrogen-bond acceptors (Lipinski definition) is 21. The quantitative estimate of drug-likeness (QED) is 0.0203. The van der Waals surface area contributed by atoms with E-state index < -0.39 is 151 Å². The Morgan fingerprint density at radius 2 is 0.760 bits per heavy atom. The summed E-state index contributed by atoms with van der Waals surface area (Å²) in [6.45, 7) is 13.6. The van der Waals surface area contributed by atoms with Gasteiger partial charge in [-0.25, -0.2) is 0 Å². The lowest BCUT2D eigenvalue weighted by Gasteiger charge is -2.29. The first-order chi connectivity index (χ1) is 35.1. The Labute approximate surface area is 433 Å². The fraction of sp³-hybridized carbons (Fsp3) is 0.659. The molecule has 0 aliphatic heterocycles. The van der Waals surface area contributed by atoms with Crippen molar-refractivity contribution in [3.05, 3.63) is 0 Å². The van der Waals surface area contributed by atoms with Gasteiger partial charge in [-0.2, -0.15) is 0 Å². The highest BCUT2D eigenvalue weighted by Crippen LogP contribution is 2.05. The van der Waals surface area contributed by atoms with Gasteiger partial charge in [0.15, 0.2) is 24.7 Å². The molecule has 0 fully saturated rings. The van der Waals surface area contributed by atoms with E-state index in [1.165, 1.54) is 48.6 Å². The van der Waals surface area contributed by atoms with Gasteiger partial charge in [0.2, 0.25) is 29.5 Å². The van der Waals surface area contributed by atoms with Crippen molar-refractivity contribution < 1.29 is 71.9 Å². The maximum Gasteiger partial charge on any atom is 0.259 e. The Bertz CT molecular complexity index is 2010. The third-order valence-electron chi connectivity index (χ3n) is 10.4. The van der Waals surface area contributed by atoms with Gasteiger partial charge >= 0.3 is 0 Å². The third kappa shape index (κ3) is 25.5. The molecular formula is C44H76N16O15. The van der Waals surface area contributed by atoms with E-state index in [9.17, 15) is 71.9 Å². The highest BCUT2D eigenvalue weighted by atomic mass is 16.2. The average molecular weight is 1070 g/mol. The summed E-state index contributed by atoms with van der Waals surface area (Å²) in [6.07, 6.45) is -6.26. The van der Waals surface area contributed by atoms with E-state index in [1.54, 1.807) is 27.7 Å². The van der Waals surface area contributed by atoms with E-state index in [2.05, 4.69) is 79.8 Å². The van der Waals surface area contributed by atoms with Gasteiger partial charge in [0.1, 0.15) is 67.8 Å². The Morgan fingerprint density at radius 3 is 1.17 bits per heavy atom. The molecule has 422 valence electrons. The number of carbonyl (C=O) groups excluding carboxylic acids is 15. The molecule has 0 aliphatic rings. The van der Waals surface area contributed by atoms with Crippen LogP contribution in [0.25, 0.3) is 0 Å².